The lowest BCUT2D eigenvalue weighted by Gasteiger charge is -2.33. The van der Waals surface area contributed by atoms with Gasteiger partial charge in [-0.3, -0.25) is 9.48 Å². The van der Waals surface area contributed by atoms with E-state index in [4.69, 9.17) is 4.74 Å². The van der Waals surface area contributed by atoms with E-state index in [1.165, 1.54) is 0 Å². The van der Waals surface area contributed by atoms with Gasteiger partial charge in [0.15, 0.2) is 0 Å². The first kappa shape index (κ1) is 21.1. The molecule has 162 valence electrons. The summed E-state index contributed by atoms with van der Waals surface area (Å²) in [6.45, 7) is 2.91. The van der Waals surface area contributed by atoms with Crippen LogP contribution in [-0.4, -0.2) is 70.9 Å². The number of nitrogens with zero attached hydrogens (tertiary/aromatic N) is 4. The van der Waals surface area contributed by atoms with Crippen molar-refractivity contribution in [3.63, 3.8) is 0 Å². The van der Waals surface area contributed by atoms with Gasteiger partial charge in [-0.1, -0.05) is 42.5 Å². The van der Waals surface area contributed by atoms with Crippen molar-refractivity contribution in [3.05, 3.63) is 71.9 Å². The Labute approximate surface area is 182 Å². The van der Waals surface area contributed by atoms with Crippen molar-refractivity contribution < 1.29 is 14.6 Å². The Balaban J connectivity index is 1.61. The second-order valence-electron chi connectivity index (χ2n) is 8.00. The zero-order chi connectivity index (χ0) is 21.8. The molecule has 0 unspecified atom stereocenters. The van der Waals surface area contributed by atoms with Gasteiger partial charge in [-0.2, -0.15) is 5.10 Å². The molecular weight excluding hydrogens is 392 g/mol. The summed E-state index contributed by atoms with van der Waals surface area (Å²) in [5.41, 5.74) is 3.27. The van der Waals surface area contributed by atoms with Crippen molar-refractivity contribution in [1.29, 1.82) is 0 Å². The first-order chi connectivity index (χ1) is 15.0. The summed E-state index contributed by atoms with van der Waals surface area (Å²) in [6, 6.07) is 16.9. The molecule has 0 spiro atoms. The lowest BCUT2D eigenvalue weighted by molar-refractivity contribution is -0.0228. The summed E-state index contributed by atoms with van der Waals surface area (Å²) >= 11 is 0. The number of likely N-dealkylation sites (N-methyl/N-ethyl adjacent to an activating group) is 1. The molecule has 4 rings (SSSR count). The van der Waals surface area contributed by atoms with Gasteiger partial charge in [0.05, 0.1) is 37.2 Å². The molecule has 0 radical (unpaired) electrons. The van der Waals surface area contributed by atoms with Crippen molar-refractivity contribution >= 4 is 5.91 Å². The first-order valence-corrected chi connectivity index (χ1v) is 10.5. The Hall–Kier alpha value is -3.16. The summed E-state index contributed by atoms with van der Waals surface area (Å²) in [4.78, 5) is 17.5. The number of aromatic hydroxyl groups is 1. The van der Waals surface area contributed by atoms with E-state index in [9.17, 15) is 9.90 Å². The molecule has 7 nitrogen and oxygen atoms in total. The largest absolute Gasteiger partial charge is 0.508 e. The van der Waals surface area contributed by atoms with Crippen LogP contribution in [0.15, 0.2) is 60.8 Å². The highest BCUT2D eigenvalue weighted by Gasteiger charge is 2.29. The number of phenols is 1. The molecule has 31 heavy (non-hydrogen) atoms. The monoisotopic (exact) mass is 420 g/mol. The van der Waals surface area contributed by atoms with Crippen LogP contribution in [0.1, 0.15) is 22.0 Å². The van der Waals surface area contributed by atoms with Crippen LogP contribution in [0, 0.1) is 0 Å². The lowest BCUT2D eigenvalue weighted by atomic mass is 10.0. The van der Waals surface area contributed by atoms with Gasteiger partial charge in [0.25, 0.3) is 5.91 Å². The summed E-state index contributed by atoms with van der Waals surface area (Å²) < 4.78 is 7.80. The highest BCUT2D eigenvalue weighted by atomic mass is 16.5. The van der Waals surface area contributed by atoms with Crippen molar-refractivity contribution in [3.8, 4) is 17.0 Å². The van der Waals surface area contributed by atoms with Crippen LogP contribution in [0.5, 0.6) is 5.75 Å². The normalized spacial score (nSPS) is 16.6. The van der Waals surface area contributed by atoms with E-state index in [1.54, 1.807) is 24.4 Å². The standard InChI is InChI=1S/C24H28N4O3/c1-26(2)11-12-28-23(18-7-4-3-5-8-18)21(16-25-28)24(30)27-13-14-31-22(17-27)19-9-6-10-20(29)15-19/h3-10,15-16,22,29H,11-14,17H2,1-2H3/t22-/m1/s1. The van der Waals surface area contributed by atoms with E-state index in [0.717, 1.165) is 23.4 Å². The highest BCUT2D eigenvalue weighted by molar-refractivity contribution is 6.00. The topological polar surface area (TPSA) is 70.8 Å². The van der Waals surface area contributed by atoms with Crippen molar-refractivity contribution in [2.45, 2.75) is 12.6 Å². The van der Waals surface area contributed by atoms with E-state index < -0.39 is 0 Å². The minimum Gasteiger partial charge on any atom is -0.508 e. The van der Waals surface area contributed by atoms with Gasteiger partial charge in [0, 0.05) is 18.7 Å². The van der Waals surface area contributed by atoms with Crippen molar-refractivity contribution in [1.82, 2.24) is 19.6 Å². The second-order valence-corrected chi connectivity index (χ2v) is 8.00. The minimum absolute atomic E-state index is 0.0524. The number of carbonyl (C=O) groups is 1. The SMILES string of the molecule is CN(C)CCn1ncc(C(=O)N2CCO[C@@H](c3cccc(O)c3)C2)c1-c1ccccc1. The van der Waals surface area contributed by atoms with E-state index in [0.29, 0.717) is 31.8 Å². The zero-order valence-electron chi connectivity index (χ0n) is 17.9. The van der Waals surface area contributed by atoms with Gasteiger partial charge in [-0.25, -0.2) is 0 Å². The predicted molar refractivity (Wildman–Crippen MR) is 119 cm³/mol. The molecule has 0 aliphatic carbocycles. The summed E-state index contributed by atoms with van der Waals surface area (Å²) in [6.07, 6.45) is 1.41. The Kier molecular flexibility index (Phi) is 6.34. The third-order valence-corrected chi connectivity index (χ3v) is 5.47. The second kappa shape index (κ2) is 9.32. The average Bonchev–Trinajstić information content (AvgIpc) is 3.22. The Bertz CT molecular complexity index is 1030. The van der Waals surface area contributed by atoms with E-state index >= 15 is 0 Å². The van der Waals surface area contributed by atoms with Gasteiger partial charge in [-0.15, -0.1) is 0 Å². The van der Waals surface area contributed by atoms with Gasteiger partial charge >= 0.3 is 0 Å². The Morgan fingerprint density at radius 2 is 2.00 bits per heavy atom. The van der Waals surface area contributed by atoms with Gasteiger partial charge in [-0.05, 0) is 31.8 Å². The lowest BCUT2D eigenvalue weighted by Crippen LogP contribution is -2.42. The Morgan fingerprint density at radius 3 is 2.74 bits per heavy atom. The molecule has 1 atom stereocenters. The van der Waals surface area contributed by atoms with Gasteiger partial charge < -0.3 is 19.6 Å². The quantitative estimate of drug-likeness (QED) is 0.664. The number of hydrogen-bond acceptors (Lipinski definition) is 5. The third kappa shape index (κ3) is 4.78. The fraction of sp³-hybridized carbons (Fsp3) is 0.333. The number of benzene rings is 2. The molecule has 7 heteroatoms. The molecule has 2 heterocycles. The smallest absolute Gasteiger partial charge is 0.257 e. The zero-order valence-corrected chi connectivity index (χ0v) is 17.9. The van der Waals surface area contributed by atoms with Crippen molar-refractivity contribution in [2.24, 2.45) is 0 Å². The maximum absolute atomic E-state index is 13.5. The van der Waals surface area contributed by atoms with Crippen LogP contribution in [0.25, 0.3) is 11.3 Å². The molecule has 1 amide bonds. The van der Waals surface area contributed by atoms with Crippen LogP contribution >= 0.6 is 0 Å². The summed E-state index contributed by atoms with van der Waals surface area (Å²) in [7, 11) is 4.04. The van der Waals surface area contributed by atoms with Crippen LogP contribution < -0.4 is 0 Å². The third-order valence-electron chi connectivity index (χ3n) is 5.47. The van der Waals surface area contributed by atoms with Crippen LogP contribution in [0.3, 0.4) is 0 Å². The van der Waals surface area contributed by atoms with Crippen LogP contribution in [-0.2, 0) is 11.3 Å². The van der Waals surface area contributed by atoms with Crippen LogP contribution in [0.2, 0.25) is 0 Å². The number of morpholine rings is 1. The number of carbonyl (C=O) groups excluding carboxylic acids is 1. The summed E-state index contributed by atoms with van der Waals surface area (Å²) in [5, 5.41) is 14.3. The summed E-state index contributed by atoms with van der Waals surface area (Å²) in [5.74, 6) is 0.140. The average molecular weight is 421 g/mol. The number of hydrogen-bond donors (Lipinski definition) is 1. The molecule has 1 aliphatic heterocycles. The molecule has 1 aliphatic rings. The molecule has 0 bridgehead atoms. The molecule has 1 fully saturated rings. The molecule has 1 aromatic heterocycles. The molecule has 3 aromatic rings. The molecule has 1 saturated heterocycles. The Morgan fingerprint density at radius 1 is 1.19 bits per heavy atom. The number of aromatic nitrogens is 2. The fourth-order valence-electron chi connectivity index (χ4n) is 3.84. The van der Waals surface area contributed by atoms with Crippen LogP contribution in [0.4, 0.5) is 0 Å². The fourth-order valence-corrected chi connectivity index (χ4v) is 3.84. The number of rotatable bonds is 6. The molecule has 2 aromatic carbocycles. The number of amides is 1. The number of phenolic OH excluding ortho intramolecular Hbond substituents is 1. The van der Waals surface area contributed by atoms with Gasteiger partial charge in [0.1, 0.15) is 11.9 Å². The van der Waals surface area contributed by atoms with E-state index in [1.807, 2.05) is 60.1 Å². The maximum Gasteiger partial charge on any atom is 0.257 e. The van der Waals surface area contributed by atoms with E-state index in [2.05, 4.69) is 10.00 Å². The minimum atomic E-state index is -0.270. The van der Waals surface area contributed by atoms with Gasteiger partial charge in [0.2, 0.25) is 0 Å². The maximum atomic E-state index is 13.5. The highest BCUT2D eigenvalue weighted by Crippen LogP contribution is 2.29. The number of ether oxygens (including phenoxy) is 1. The predicted octanol–water partition coefficient (Wildman–Crippen LogP) is 3.03. The first-order valence-electron chi connectivity index (χ1n) is 10.5. The molecular formula is C24H28N4O3. The molecule has 0 saturated carbocycles. The van der Waals surface area contributed by atoms with Crippen molar-refractivity contribution in [2.75, 3.05) is 40.3 Å². The molecule has 1 N–H and O–H groups in total. The van der Waals surface area contributed by atoms with E-state index in [-0.39, 0.29) is 17.8 Å².